The molecule has 3 aromatic rings. The number of fused-ring (bicyclic) bond motifs is 2. The van der Waals surface area contributed by atoms with Crippen LogP contribution in [0.3, 0.4) is 0 Å². The van der Waals surface area contributed by atoms with Gasteiger partial charge in [-0.2, -0.15) is 0 Å². The van der Waals surface area contributed by atoms with Gasteiger partial charge in [0.1, 0.15) is 19.0 Å². The van der Waals surface area contributed by atoms with Crippen LogP contribution in [0.5, 0.6) is 11.5 Å². The van der Waals surface area contributed by atoms with E-state index in [4.69, 9.17) is 19.0 Å². The number of hydrogen-bond acceptors (Lipinski definition) is 7. The van der Waals surface area contributed by atoms with Crippen LogP contribution < -0.4 is 9.47 Å². The summed E-state index contributed by atoms with van der Waals surface area (Å²) in [6.07, 6.45) is 5.75. The van der Waals surface area contributed by atoms with Crippen molar-refractivity contribution in [2.24, 2.45) is 5.16 Å². The van der Waals surface area contributed by atoms with E-state index in [-0.39, 0.29) is 12.2 Å². The van der Waals surface area contributed by atoms with E-state index in [2.05, 4.69) is 33.2 Å². The zero-order chi connectivity index (χ0) is 25.7. The standard InChI is InChI=1S/C29H32FN3O4/c1-34-26-8-7-23(17-27(26)35-2)28(32-37-16-12-30)22-5-3-21(4-6-22)19-33-14-10-29(11-15-33)25-18-31-13-9-24(25)20-36-29/h3-9,13,17-18H,10-12,14-16,19-20H2,1-2H3/b32-28-. The highest BCUT2D eigenvalue weighted by Crippen LogP contribution is 2.43. The van der Waals surface area contributed by atoms with Crippen LogP contribution >= 0.6 is 0 Å². The van der Waals surface area contributed by atoms with Gasteiger partial charge in [0.05, 0.1) is 26.4 Å². The van der Waals surface area contributed by atoms with Gasteiger partial charge in [0.25, 0.3) is 0 Å². The summed E-state index contributed by atoms with van der Waals surface area (Å²) in [5.41, 5.74) is 5.82. The molecular weight excluding hydrogens is 473 g/mol. The molecule has 2 aromatic carbocycles. The molecular formula is C29H32FN3O4. The van der Waals surface area contributed by atoms with Crippen LogP contribution in [0.2, 0.25) is 0 Å². The van der Waals surface area contributed by atoms with Gasteiger partial charge in [-0.05, 0) is 48.2 Å². The molecule has 2 aliphatic heterocycles. The largest absolute Gasteiger partial charge is 0.493 e. The average Bonchev–Trinajstić information content (AvgIpc) is 3.31. The van der Waals surface area contributed by atoms with E-state index in [1.807, 2.05) is 42.7 Å². The molecule has 0 radical (unpaired) electrons. The third-order valence-corrected chi connectivity index (χ3v) is 7.18. The average molecular weight is 506 g/mol. The van der Waals surface area contributed by atoms with E-state index in [9.17, 15) is 4.39 Å². The van der Waals surface area contributed by atoms with Crippen molar-refractivity contribution in [3.8, 4) is 11.5 Å². The predicted octanol–water partition coefficient (Wildman–Crippen LogP) is 4.86. The number of halogens is 1. The highest BCUT2D eigenvalue weighted by Gasteiger charge is 2.42. The Morgan fingerprint density at radius 1 is 1.03 bits per heavy atom. The Kier molecular flexibility index (Phi) is 7.67. The Balaban J connectivity index is 1.28. The third-order valence-electron chi connectivity index (χ3n) is 7.18. The maximum Gasteiger partial charge on any atom is 0.161 e. The summed E-state index contributed by atoms with van der Waals surface area (Å²) >= 11 is 0. The van der Waals surface area contributed by atoms with Gasteiger partial charge in [0, 0.05) is 48.7 Å². The fourth-order valence-corrected chi connectivity index (χ4v) is 5.17. The lowest BCUT2D eigenvalue weighted by Gasteiger charge is -2.39. The minimum atomic E-state index is -0.605. The van der Waals surface area contributed by atoms with Crippen molar-refractivity contribution in [1.82, 2.24) is 9.88 Å². The Morgan fingerprint density at radius 3 is 2.51 bits per heavy atom. The van der Waals surface area contributed by atoms with Gasteiger partial charge in [-0.25, -0.2) is 4.39 Å². The van der Waals surface area contributed by atoms with E-state index in [1.165, 1.54) is 16.7 Å². The SMILES string of the molecule is COc1ccc(/C(=N\OCCF)c2ccc(CN3CCC4(CC3)OCc3ccncc34)cc2)cc1OC. The van der Waals surface area contributed by atoms with E-state index >= 15 is 0 Å². The Morgan fingerprint density at radius 2 is 1.78 bits per heavy atom. The molecule has 1 aromatic heterocycles. The van der Waals surface area contributed by atoms with Crippen LogP contribution in [0.25, 0.3) is 0 Å². The molecule has 1 spiro atoms. The Hall–Kier alpha value is -3.49. The molecule has 0 unspecified atom stereocenters. The van der Waals surface area contributed by atoms with Gasteiger partial charge in [0.2, 0.25) is 0 Å². The van der Waals surface area contributed by atoms with Crippen LogP contribution in [0.15, 0.2) is 66.1 Å². The van der Waals surface area contributed by atoms with Crippen molar-refractivity contribution in [2.75, 3.05) is 40.6 Å². The summed E-state index contributed by atoms with van der Waals surface area (Å²) in [7, 11) is 3.18. The second-order valence-electron chi connectivity index (χ2n) is 9.32. The van der Waals surface area contributed by atoms with Crippen molar-refractivity contribution >= 4 is 5.71 Å². The van der Waals surface area contributed by atoms with Crippen LogP contribution in [0, 0.1) is 0 Å². The quantitative estimate of drug-likeness (QED) is 0.235. The van der Waals surface area contributed by atoms with Crippen molar-refractivity contribution in [1.29, 1.82) is 0 Å². The summed E-state index contributed by atoms with van der Waals surface area (Å²) in [6, 6.07) is 15.9. The lowest BCUT2D eigenvalue weighted by atomic mass is 9.84. The van der Waals surface area contributed by atoms with Crippen LogP contribution in [0.4, 0.5) is 4.39 Å². The Labute approximate surface area is 216 Å². The number of likely N-dealkylation sites (tertiary alicyclic amines) is 1. The number of methoxy groups -OCH3 is 2. The molecule has 0 N–H and O–H groups in total. The first-order valence-corrected chi connectivity index (χ1v) is 12.5. The highest BCUT2D eigenvalue weighted by atomic mass is 19.1. The zero-order valence-corrected chi connectivity index (χ0v) is 21.3. The van der Waals surface area contributed by atoms with E-state index in [1.54, 1.807) is 14.2 Å². The molecule has 1 saturated heterocycles. The lowest BCUT2D eigenvalue weighted by Crippen LogP contribution is -2.42. The molecule has 3 heterocycles. The van der Waals surface area contributed by atoms with Gasteiger partial charge in [-0.1, -0.05) is 29.4 Å². The van der Waals surface area contributed by atoms with Crippen molar-refractivity contribution < 1.29 is 23.4 Å². The minimum absolute atomic E-state index is 0.102. The monoisotopic (exact) mass is 505 g/mol. The normalized spacial score (nSPS) is 17.0. The van der Waals surface area contributed by atoms with Gasteiger partial charge in [-0.3, -0.25) is 9.88 Å². The number of aromatic nitrogens is 1. The van der Waals surface area contributed by atoms with Gasteiger partial charge in [-0.15, -0.1) is 0 Å². The first kappa shape index (κ1) is 25.2. The Bertz CT molecular complexity index is 1240. The van der Waals surface area contributed by atoms with E-state index in [0.29, 0.717) is 23.8 Å². The van der Waals surface area contributed by atoms with Crippen molar-refractivity contribution in [2.45, 2.75) is 31.6 Å². The van der Waals surface area contributed by atoms with Crippen molar-refractivity contribution in [3.05, 3.63) is 88.7 Å². The van der Waals surface area contributed by atoms with Gasteiger partial charge < -0.3 is 19.0 Å². The highest BCUT2D eigenvalue weighted by molar-refractivity contribution is 6.12. The topological polar surface area (TPSA) is 65.4 Å². The summed E-state index contributed by atoms with van der Waals surface area (Å²) in [6.45, 7) is 2.76. The maximum atomic E-state index is 12.7. The molecule has 194 valence electrons. The molecule has 1 fully saturated rings. The number of piperidine rings is 1. The number of nitrogens with zero attached hydrogens (tertiary/aromatic N) is 3. The van der Waals surface area contributed by atoms with Crippen LogP contribution in [-0.2, 0) is 28.3 Å². The van der Waals surface area contributed by atoms with Crippen LogP contribution in [-0.4, -0.2) is 56.2 Å². The molecule has 0 bridgehead atoms. The number of pyridine rings is 1. The zero-order valence-electron chi connectivity index (χ0n) is 21.3. The molecule has 0 saturated carbocycles. The molecule has 8 heteroatoms. The summed E-state index contributed by atoms with van der Waals surface area (Å²) in [4.78, 5) is 12.0. The first-order chi connectivity index (χ1) is 18.2. The molecule has 0 atom stereocenters. The number of benzene rings is 2. The second kappa shape index (κ2) is 11.3. The van der Waals surface area contributed by atoms with Gasteiger partial charge in [0.15, 0.2) is 11.5 Å². The molecule has 0 aliphatic carbocycles. The fraction of sp³-hybridized carbons (Fsp3) is 0.379. The lowest BCUT2D eigenvalue weighted by molar-refractivity contribution is -0.0800. The molecule has 7 nitrogen and oxygen atoms in total. The minimum Gasteiger partial charge on any atom is -0.493 e. The third kappa shape index (κ3) is 5.31. The predicted molar refractivity (Wildman–Crippen MR) is 139 cm³/mol. The molecule has 5 rings (SSSR count). The van der Waals surface area contributed by atoms with E-state index < -0.39 is 6.67 Å². The number of ether oxygens (including phenoxy) is 3. The summed E-state index contributed by atoms with van der Waals surface area (Å²) < 4.78 is 29.7. The van der Waals surface area contributed by atoms with E-state index in [0.717, 1.165) is 43.6 Å². The maximum absolute atomic E-state index is 12.7. The smallest absolute Gasteiger partial charge is 0.161 e. The van der Waals surface area contributed by atoms with Crippen molar-refractivity contribution in [3.63, 3.8) is 0 Å². The number of hydrogen-bond donors (Lipinski definition) is 0. The second-order valence-corrected chi connectivity index (χ2v) is 9.32. The number of rotatable bonds is 9. The summed E-state index contributed by atoms with van der Waals surface area (Å²) in [5, 5.41) is 4.24. The fourth-order valence-electron chi connectivity index (χ4n) is 5.17. The molecule has 2 aliphatic rings. The first-order valence-electron chi connectivity index (χ1n) is 12.5. The van der Waals surface area contributed by atoms with Crippen LogP contribution in [0.1, 0.15) is 40.7 Å². The molecule has 0 amide bonds. The number of oxime groups is 1. The summed E-state index contributed by atoms with van der Waals surface area (Å²) in [5.74, 6) is 1.21. The number of alkyl halides is 1. The molecule has 37 heavy (non-hydrogen) atoms. The van der Waals surface area contributed by atoms with Gasteiger partial charge >= 0.3 is 0 Å².